The maximum Gasteiger partial charge on any atom is 0.229 e. The van der Waals surface area contributed by atoms with Gasteiger partial charge in [-0.15, -0.1) is 0 Å². The number of benzene rings is 1. The van der Waals surface area contributed by atoms with Gasteiger partial charge in [-0.2, -0.15) is 5.10 Å². The Bertz CT molecular complexity index is 822. The number of carbonyl (C=O) groups is 2. The van der Waals surface area contributed by atoms with Crippen LogP contribution in [0.2, 0.25) is 0 Å². The standard InChI is InChI=1S/C21H29N5O2/c1-15(14-26-17(3)22-16(2)24-26)21(28)23-19-9-6-18(7-10-19)8-11-20(27)25-12-4-5-13-25/h6-7,9-10,15H,4-5,8,11-14H2,1-3H3,(H,23,28)/t15-/m0/s1. The summed E-state index contributed by atoms with van der Waals surface area (Å²) in [7, 11) is 0. The molecule has 1 aliphatic rings. The molecule has 2 heterocycles. The summed E-state index contributed by atoms with van der Waals surface area (Å²) in [6, 6.07) is 7.74. The molecule has 0 bridgehead atoms. The van der Waals surface area contributed by atoms with Crippen molar-refractivity contribution in [3.63, 3.8) is 0 Å². The number of carbonyl (C=O) groups excluding carboxylic acids is 2. The van der Waals surface area contributed by atoms with E-state index in [1.165, 1.54) is 0 Å². The van der Waals surface area contributed by atoms with Crippen LogP contribution in [-0.4, -0.2) is 44.6 Å². The smallest absolute Gasteiger partial charge is 0.229 e. The van der Waals surface area contributed by atoms with E-state index in [0.717, 1.165) is 49.4 Å². The molecule has 0 spiro atoms. The lowest BCUT2D eigenvalue weighted by molar-refractivity contribution is -0.130. The second kappa shape index (κ2) is 8.99. The van der Waals surface area contributed by atoms with Gasteiger partial charge in [-0.3, -0.25) is 9.59 Å². The summed E-state index contributed by atoms with van der Waals surface area (Å²) in [5.41, 5.74) is 1.87. The van der Waals surface area contributed by atoms with Crippen molar-refractivity contribution in [3.8, 4) is 0 Å². The van der Waals surface area contributed by atoms with E-state index in [1.54, 1.807) is 4.68 Å². The molecule has 28 heavy (non-hydrogen) atoms. The molecule has 150 valence electrons. The zero-order valence-electron chi connectivity index (χ0n) is 16.9. The number of nitrogens with zero attached hydrogens (tertiary/aromatic N) is 4. The summed E-state index contributed by atoms with van der Waals surface area (Å²) < 4.78 is 1.76. The van der Waals surface area contributed by atoms with Gasteiger partial charge in [-0.05, 0) is 50.8 Å². The van der Waals surface area contributed by atoms with Crippen LogP contribution < -0.4 is 5.32 Å². The maximum atomic E-state index is 12.5. The Kier molecular flexibility index (Phi) is 6.44. The molecule has 1 aliphatic heterocycles. The van der Waals surface area contributed by atoms with Crippen LogP contribution in [0.1, 0.15) is 43.4 Å². The van der Waals surface area contributed by atoms with Crippen molar-refractivity contribution in [3.05, 3.63) is 41.5 Å². The van der Waals surface area contributed by atoms with Crippen LogP contribution in [0.4, 0.5) is 5.69 Å². The van der Waals surface area contributed by atoms with E-state index < -0.39 is 0 Å². The Balaban J connectivity index is 1.48. The highest BCUT2D eigenvalue weighted by Gasteiger charge is 2.18. The minimum absolute atomic E-state index is 0.0514. The van der Waals surface area contributed by atoms with Gasteiger partial charge in [0.25, 0.3) is 0 Å². The minimum atomic E-state index is -0.224. The number of rotatable bonds is 7. The molecular weight excluding hydrogens is 354 g/mol. The highest BCUT2D eigenvalue weighted by molar-refractivity contribution is 5.92. The third kappa shape index (κ3) is 5.18. The van der Waals surface area contributed by atoms with E-state index in [-0.39, 0.29) is 17.7 Å². The van der Waals surface area contributed by atoms with E-state index in [2.05, 4.69) is 15.4 Å². The maximum absolute atomic E-state index is 12.5. The predicted molar refractivity (Wildman–Crippen MR) is 108 cm³/mol. The fraction of sp³-hybridized carbons (Fsp3) is 0.524. The number of hydrogen-bond donors (Lipinski definition) is 1. The van der Waals surface area contributed by atoms with Gasteiger partial charge in [0.15, 0.2) is 0 Å². The van der Waals surface area contributed by atoms with E-state index in [9.17, 15) is 9.59 Å². The molecule has 7 nitrogen and oxygen atoms in total. The third-order valence-electron chi connectivity index (χ3n) is 5.16. The molecule has 0 aliphatic carbocycles. The second-order valence-electron chi connectivity index (χ2n) is 7.56. The van der Waals surface area contributed by atoms with Crippen molar-refractivity contribution in [2.45, 2.75) is 53.0 Å². The Labute approximate surface area is 166 Å². The summed E-state index contributed by atoms with van der Waals surface area (Å²) in [6.07, 6.45) is 3.51. The summed E-state index contributed by atoms with van der Waals surface area (Å²) >= 11 is 0. The van der Waals surface area contributed by atoms with Crippen LogP contribution in [0.5, 0.6) is 0 Å². The van der Waals surface area contributed by atoms with Crippen molar-refractivity contribution in [2.75, 3.05) is 18.4 Å². The van der Waals surface area contributed by atoms with Crippen molar-refractivity contribution in [1.29, 1.82) is 0 Å². The van der Waals surface area contributed by atoms with Crippen molar-refractivity contribution >= 4 is 17.5 Å². The first-order valence-corrected chi connectivity index (χ1v) is 9.98. The van der Waals surface area contributed by atoms with Gasteiger partial charge in [0.05, 0.1) is 12.5 Å². The summed E-state index contributed by atoms with van der Waals surface area (Å²) in [5.74, 6) is 1.48. The van der Waals surface area contributed by atoms with Crippen molar-refractivity contribution in [1.82, 2.24) is 19.7 Å². The van der Waals surface area contributed by atoms with E-state index in [4.69, 9.17) is 0 Å². The summed E-state index contributed by atoms with van der Waals surface area (Å²) in [6.45, 7) is 7.90. The fourth-order valence-electron chi connectivity index (χ4n) is 3.47. The first-order chi connectivity index (χ1) is 13.4. The van der Waals surface area contributed by atoms with Gasteiger partial charge in [-0.25, -0.2) is 9.67 Å². The number of hydrogen-bond acceptors (Lipinski definition) is 4. The number of nitrogens with one attached hydrogen (secondary N) is 1. The van der Waals surface area contributed by atoms with Crippen LogP contribution in [0.25, 0.3) is 0 Å². The van der Waals surface area contributed by atoms with E-state index >= 15 is 0 Å². The van der Waals surface area contributed by atoms with Crippen LogP contribution >= 0.6 is 0 Å². The lowest BCUT2D eigenvalue weighted by Gasteiger charge is -2.15. The first kappa shape index (κ1) is 20.0. The molecule has 1 N–H and O–H groups in total. The quantitative estimate of drug-likeness (QED) is 0.797. The average molecular weight is 383 g/mol. The molecule has 1 atom stereocenters. The first-order valence-electron chi connectivity index (χ1n) is 9.98. The Hall–Kier alpha value is -2.70. The molecule has 0 saturated carbocycles. The molecule has 1 fully saturated rings. The molecule has 0 radical (unpaired) electrons. The average Bonchev–Trinajstić information content (AvgIpc) is 3.31. The lowest BCUT2D eigenvalue weighted by atomic mass is 10.1. The summed E-state index contributed by atoms with van der Waals surface area (Å²) in [5, 5.41) is 7.26. The third-order valence-corrected chi connectivity index (χ3v) is 5.16. The predicted octanol–water partition coefficient (Wildman–Crippen LogP) is 2.72. The summed E-state index contributed by atoms with van der Waals surface area (Å²) in [4.78, 5) is 30.8. The Morgan fingerprint density at radius 2 is 1.82 bits per heavy atom. The molecule has 1 saturated heterocycles. The molecule has 2 aromatic rings. The van der Waals surface area contributed by atoms with E-state index in [1.807, 2.05) is 49.9 Å². The normalized spacial score (nSPS) is 14.9. The van der Waals surface area contributed by atoms with Gasteiger partial charge in [-0.1, -0.05) is 19.1 Å². The largest absolute Gasteiger partial charge is 0.343 e. The highest BCUT2D eigenvalue weighted by atomic mass is 16.2. The lowest BCUT2D eigenvalue weighted by Crippen LogP contribution is -2.27. The van der Waals surface area contributed by atoms with Gasteiger partial charge in [0.1, 0.15) is 11.6 Å². The number of likely N-dealkylation sites (tertiary alicyclic amines) is 1. The van der Waals surface area contributed by atoms with Crippen LogP contribution in [0, 0.1) is 19.8 Å². The number of aromatic nitrogens is 3. The molecule has 2 amide bonds. The topological polar surface area (TPSA) is 80.1 Å². The fourth-order valence-corrected chi connectivity index (χ4v) is 3.47. The van der Waals surface area contributed by atoms with E-state index in [0.29, 0.717) is 18.8 Å². The molecular formula is C21H29N5O2. The minimum Gasteiger partial charge on any atom is -0.343 e. The molecule has 3 rings (SSSR count). The molecule has 7 heteroatoms. The SMILES string of the molecule is Cc1nc(C)n(C[C@H](C)C(=O)Nc2ccc(CCC(=O)N3CCCC3)cc2)n1. The number of aryl methyl sites for hydroxylation is 3. The van der Waals surface area contributed by atoms with Gasteiger partial charge >= 0.3 is 0 Å². The van der Waals surface area contributed by atoms with Gasteiger partial charge in [0, 0.05) is 25.2 Å². The van der Waals surface area contributed by atoms with Crippen molar-refractivity contribution < 1.29 is 9.59 Å². The second-order valence-corrected chi connectivity index (χ2v) is 7.56. The van der Waals surface area contributed by atoms with Crippen LogP contribution in [0.3, 0.4) is 0 Å². The van der Waals surface area contributed by atoms with Gasteiger partial charge < -0.3 is 10.2 Å². The zero-order valence-corrected chi connectivity index (χ0v) is 16.9. The monoisotopic (exact) mass is 383 g/mol. The van der Waals surface area contributed by atoms with Crippen LogP contribution in [-0.2, 0) is 22.6 Å². The Morgan fingerprint density at radius 1 is 1.14 bits per heavy atom. The highest BCUT2D eigenvalue weighted by Crippen LogP contribution is 2.15. The van der Waals surface area contributed by atoms with Crippen LogP contribution in [0.15, 0.2) is 24.3 Å². The molecule has 1 aromatic heterocycles. The van der Waals surface area contributed by atoms with Crippen molar-refractivity contribution in [2.24, 2.45) is 5.92 Å². The number of anilines is 1. The number of amides is 2. The molecule has 1 aromatic carbocycles. The van der Waals surface area contributed by atoms with Gasteiger partial charge in [0.2, 0.25) is 11.8 Å². The molecule has 0 unspecified atom stereocenters. The Morgan fingerprint density at radius 3 is 2.43 bits per heavy atom. The zero-order chi connectivity index (χ0) is 20.1.